The molecule has 0 aromatic heterocycles. The lowest BCUT2D eigenvalue weighted by molar-refractivity contribution is -0.114. The monoisotopic (exact) mass is 441 g/mol. The molecule has 0 fully saturated rings. The lowest BCUT2D eigenvalue weighted by atomic mass is 10.1. The molecule has 30 heavy (non-hydrogen) atoms. The molecule has 0 saturated carbocycles. The molecule has 3 rings (SSSR count). The number of carbonyl (C=O) groups is 2. The second-order valence-electron chi connectivity index (χ2n) is 6.75. The molecule has 0 heterocycles. The lowest BCUT2D eigenvalue weighted by Crippen LogP contribution is -2.27. The maximum Gasteiger partial charge on any atom is 0.251 e. The van der Waals surface area contributed by atoms with Crippen LogP contribution >= 0.6 is 23.2 Å². The zero-order valence-electron chi connectivity index (χ0n) is 16.3. The van der Waals surface area contributed by atoms with E-state index in [1.165, 1.54) is 0 Å². The molecule has 0 saturated heterocycles. The summed E-state index contributed by atoms with van der Waals surface area (Å²) in [5.41, 5.74) is 2.66. The number of carbonyl (C=O) groups excluding carboxylic acids is 2. The Morgan fingerprint density at radius 2 is 1.57 bits per heavy atom. The molecule has 0 spiro atoms. The van der Waals surface area contributed by atoms with Crippen molar-refractivity contribution in [2.24, 2.45) is 0 Å². The van der Waals surface area contributed by atoms with E-state index in [1.54, 1.807) is 42.5 Å². The third-order valence-electron chi connectivity index (χ3n) is 4.37. The number of benzene rings is 3. The maximum atomic E-state index is 12.6. The summed E-state index contributed by atoms with van der Waals surface area (Å²) in [5, 5.41) is 9.66. The van der Waals surface area contributed by atoms with Crippen LogP contribution in [0.5, 0.6) is 0 Å². The van der Waals surface area contributed by atoms with Crippen LogP contribution < -0.4 is 16.0 Å². The van der Waals surface area contributed by atoms with E-state index < -0.39 is 0 Å². The first-order valence-corrected chi connectivity index (χ1v) is 10.1. The molecule has 154 valence electrons. The Morgan fingerprint density at radius 1 is 0.867 bits per heavy atom. The predicted molar refractivity (Wildman–Crippen MR) is 122 cm³/mol. The van der Waals surface area contributed by atoms with Crippen LogP contribution in [0.3, 0.4) is 0 Å². The molecule has 7 heteroatoms. The van der Waals surface area contributed by atoms with Crippen molar-refractivity contribution in [3.63, 3.8) is 0 Å². The zero-order valence-corrected chi connectivity index (χ0v) is 17.8. The van der Waals surface area contributed by atoms with Gasteiger partial charge in [-0.2, -0.15) is 0 Å². The van der Waals surface area contributed by atoms with Crippen LogP contribution in [0.4, 0.5) is 11.4 Å². The number of hydrogen-bond acceptors (Lipinski definition) is 3. The summed E-state index contributed by atoms with van der Waals surface area (Å²) < 4.78 is 0. The first-order chi connectivity index (χ1) is 14.4. The van der Waals surface area contributed by atoms with Crippen LogP contribution in [0, 0.1) is 0 Å². The summed E-state index contributed by atoms with van der Waals surface area (Å²) in [6, 6.07) is 21.3. The SMILES string of the molecule is CC(NC(=O)c1cccc(NC(=O)CNc2cc(Cl)cc(Cl)c2)c1)c1ccccc1. The Hall–Kier alpha value is -3.02. The van der Waals surface area contributed by atoms with E-state index in [2.05, 4.69) is 16.0 Å². The van der Waals surface area contributed by atoms with E-state index >= 15 is 0 Å². The third kappa shape index (κ3) is 6.24. The van der Waals surface area contributed by atoms with Gasteiger partial charge in [-0.1, -0.05) is 59.6 Å². The molecule has 0 bridgehead atoms. The van der Waals surface area contributed by atoms with E-state index in [9.17, 15) is 9.59 Å². The summed E-state index contributed by atoms with van der Waals surface area (Å²) in [6.45, 7) is 1.95. The highest BCUT2D eigenvalue weighted by molar-refractivity contribution is 6.35. The molecule has 0 aliphatic heterocycles. The van der Waals surface area contributed by atoms with Gasteiger partial charge in [0, 0.05) is 27.0 Å². The summed E-state index contributed by atoms with van der Waals surface area (Å²) in [7, 11) is 0. The van der Waals surface area contributed by atoms with Gasteiger partial charge in [-0.25, -0.2) is 0 Å². The highest BCUT2D eigenvalue weighted by Gasteiger charge is 2.12. The normalized spacial score (nSPS) is 11.4. The van der Waals surface area contributed by atoms with Crippen molar-refractivity contribution >= 4 is 46.4 Å². The van der Waals surface area contributed by atoms with Crippen molar-refractivity contribution in [2.45, 2.75) is 13.0 Å². The molecule has 5 nitrogen and oxygen atoms in total. The van der Waals surface area contributed by atoms with Gasteiger partial charge in [0.1, 0.15) is 0 Å². The van der Waals surface area contributed by atoms with Crippen LogP contribution in [0.1, 0.15) is 28.9 Å². The Labute approximate surface area is 185 Å². The highest BCUT2D eigenvalue weighted by atomic mass is 35.5. The van der Waals surface area contributed by atoms with E-state index in [0.29, 0.717) is 27.0 Å². The standard InChI is InChI=1S/C23H21Cl2N3O2/c1-15(16-6-3-2-4-7-16)27-23(30)17-8-5-9-20(10-17)28-22(29)14-26-21-12-18(24)11-19(25)13-21/h2-13,15,26H,14H2,1H3,(H,27,30)(H,28,29). The van der Waals surface area contributed by atoms with E-state index in [-0.39, 0.29) is 24.4 Å². The molecule has 3 aromatic rings. The molecule has 0 aliphatic rings. The van der Waals surface area contributed by atoms with Crippen LogP contribution in [0.2, 0.25) is 10.0 Å². The molecule has 2 amide bonds. The number of halogens is 2. The first kappa shape index (κ1) is 21.7. The molecular weight excluding hydrogens is 421 g/mol. The summed E-state index contributed by atoms with van der Waals surface area (Å²) in [4.78, 5) is 24.8. The van der Waals surface area contributed by atoms with Gasteiger partial charge in [-0.15, -0.1) is 0 Å². The molecule has 0 radical (unpaired) electrons. The van der Waals surface area contributed by atoms with Gasteiger partial charge in [0.15, 0.2) is 0 Å². The molecular formula is C23H21Cl2N3O2. The van der Waals surface area contributed by atoms with Gasteiger partial charge in [0.05, 0.1) is 12.6 Å². The second kappa shape index (κ2) is 10.1. The third-order valence-corrected chi connectivity index (χ3v) is 4.81. The van der Waals surface area contributed by atoms with E-state index in [0.717, 1.165) is 5.56 Å². The van der Waals surface area contributed by atoms with Crippen molar-refractivity contribution in [1.82, 2.24) is 5.32 Å². The quantitative estimate of drug-likeness (QED) is 0.450. The predicted octanol–water partition coefficient (Wildman–Crippen LogP) is 5.54. The smallest absolute Gasteiger partial charge is 0.251 e. The summed E-state index contributed by atoms with van der Waals surface area (Å²) >= 11 is 11.9. The van der Waals surface area contributed by atoms with Crippen LogP contribution in [0.25, 0.3) is 0 Å². The van der Waals surface area contributed by atoms with Crippen LogP contribution in [0.15, 0.2) is 72.8 Å². The number of hydrogen-bond donors (Lipinski definition) is 3. The van der Waals surface area contributed by atoms with Crippen molar-refractivity contribution < 1.29 is 9.59 Å². The zero-order chi connectivity index (χ0) is 21.5. The van der Waals surface area contributed by atoms with Gasteiger partial charge in [-0.05, 0) is 48.9 Å². The van der Waals surface area contributed by atoms with Gasteiger partial charge >= 0.3 is 0 Å². The minimum atomic E-state index is -0.263. The molecule has 1 atom stereocenters. The average molecular weight is 442 g/mol. The lowest BCUT2D eigenvalue weighted by Gasteiger charge is -2.15. The summed E-state index contributed by atoms with van der Waals surface area (Å²) in [6.07, 6.45) is 0. The Morgan fingerprint density at radius 3 is 2.27 bits per heavy atom. The molecule has 3 aromatic carbocycles. The number of amides is 2. The Kier molecular flexibility index (Phi) is 7.33. The number of nitrogens with one attached hydrogen (secondary N) is 3. The van der Waals surface area contributed by atoms with E-state index in [1.807, 2.05) is 37.3 Å². The molecule has 0 aliphatic carbocycles. The highest BCUT2D eigenvalue weighted by Crippen LogP contribution is 2.22. The minimum absolute atomic E-state index is 0.0259. The van der Waals surface area contributed by atoms with Crippen molar-refractivity contribution in [3.8, 4) is 0 Å². The Bertz CT molecular complexity index is 1020. The maximum absolute atomic E-state index is 12.6. The topological polar surface area (TPSA) is 70.2 Å². The molecule has 3 N–H and O–H groups in total. The number of anilines is 2. The van der Waals surface area contributed by atoms with Crippen molar-refractivity contribution in [3.05, 3.63) is 94.0 Å². The van der Waals surface area contributed by atoms with Crippen LogP contribution in [-0.2, 0) is 4.79 Å². The fraction of sp³-hybridized carbons (Fsp3) is 0.130. The minimum Gasteiger partial charge on any atom is -0.376 e. The second-order valence-corrected chi connectivity index (χ2v) is 7.62. The molecule has 1 unspecified atom stereocenters. The Balaban J connectivity index is 1.57. The van der Waals surface area contributed by atoms with E-state index in [4.69, 9.17) is 23.2 Å². The van der Waals surface area contributed by atoms with Gasteiger partial charge in [-0.3, -0.25) is 9.59 Å². The van der Waals surface area contributed by atoms with Gasteiger partial charge < -0.3 is 16.0 Å². The van der Waals surface area contributed by atoms with Crippen LogP contribution in [-0.4, -0.2) is 18.4 Å². The van der Waals surface area contributed by atoms with Crippen molar-refractivity contribution in [2.75, 3.05) is 17.2 Å². The number of rotatable bonds is 7. The summed E-state index contributed by atoms with van der Waals surface area (Å²) in [5.74, 6) is -0.476. The average Bonchev–Trinajstić information content (AvgIpc) is 2.72. The van der Waals surface area contributed by atoms with Crippen molar-refractivity contribution in [1.29, 1.82) is 0 Å². The van der Waals surface area contributed by atoms with Gasteiger partial charge in [0.25, 0.3) is 5.91 Å². The fourth-order valence-corrected chi connectivity index (χ4v) is 3.41. The first-order valence-electron chi connectivity index (χ1n) is 9.36. The van der Waals surface area contributed by atoms with Gasteiger partial charge in [0.2, 0.25) is 5.91 Å². The largest absolute Gasteiger partial charge is 0.376 e. The fourth-order valence-electron chi connectivity index (χ4n) is 2.89.